The van der Waals surface area contributed by atoms with Crippen LogP contribution in [0.4, 0.5) is 0 Å². The number of hydrogen-bond acceptors (Lipinski definition) is 2. The van der Waals surface area contributed by atoms with E-state index in [9.17, 15) is 0 Å². The molecule has 0 unspecified atom stereocenters. The second-order valence-electron chi connectivity index (χ2n) is 11.7. The lowest BCUT2D eigenvalue weighted by atomic mass is 9.97. The molecule has 0 amide bonds. The number of benzene rings is 7. The average molecular weight is 576 g/mol. The quantitative estimate of drug-likeness (QED) is 0.210. The highest BCUT2D eigenvalue weighted by atomic mass is 16.3. The first-order chi connectivity index (χ1) is 22.3. The smallest absolute Gasteiger partial charge is 0.136 e. The highest BCUT2D eigenvalue weighted by Crippen LogP contribution is 2.44. The van der Waals surface area contributed by atoms with Gasteiger partial charge in [-0.1, -0.05) is 103 Å². The summed E-state index contributed by atoms with van der Waals surface area (Å²) in [4.78, 5) is 0. The van der Waals surface area contributed by atoms with Gasteiger partial charge in [0, 0.05) is 38.0 Å². The Bertz CT molecular complexity index is 2740. The van der Waals surface area contributed by atoms with E-state index in [4.69, 9.17) is 8.83 Å². The van der Waals surface area contributed by atoms with Crippen LogP contribution in [-0.4, -0.2) is 4.57 Å². The Morgan fingerprint density at radius 1 is 0.356 bits per heavy atom. The van der Waals surface area contributed by atoms with Crippen molar-refractivity contribution < 1.29 is 8.83 Å². The minimum atomic E-state index is 0.888. The fraction of sp³-hybridized carbons (Fsp3) is 0. The molecule has 3 aromatic heterocycles. The average Bonchev–Trinajstić information content (AvgIpc) is 3.76. The van der Waals surface area contributed by atoms with Crippen LogP contribution in [0.25, 0.3) is 93.6 Å². The van der Waals surface area contributed by atoms with Crippen molar-refractivity contribution in [3.8, 4) is 27.9 Å². The topological polar surface area (TPSA) is 31.2 Å². The molecule has 3 heteroatoms. The van der Waals surface area contributed by atoms with Gasteiger partial charge >= 0.3 is 0 Å². The van der Waals surface area contributed by atoms with E-state index >= 15 is 0 Å². The summed E-state index contributed by atoms with van der Waals surface area (Å²) >= 11 is 0. The molecule has 0 fully saturated rings. The highest BCUT2D eigenvalue weighted by Gasteiger charge is 2.21. The zero-order valence-corrected chi connectivity index (χ0v) is 24.2. The molecule has 0 N–H and O–H groups in total. The number of para-hydroxylation sites is 1. The summed E-state index contributed by atoms with van der Waals surface area (Å²) in [5, 5.41) is 6.85. The molecule has 0 bridgehead atoms. The van der Waals surface area contributed by atoms with Gasteiger partial charge in [-0.3, -0.25) is 0 Å². The van der Waals surface area contributed by atoms with Gasteiger partial charge in [-0.2, -0.15) is 0 Å². The van der Waals surface area contributed by atoms with E-state index in [1.165, 1.54) is 27.6 Å². The van der Waals surface area contributed by atoms with E-state index in [-0.39, 0.29) is 0 Å². The van der Waals surface area contributed by atoms with Crippen LogP contribution in [0.1, 0.15) is 0 Å². The van der Waals surface area contributed by atoms with Gasteiger partial charge < -0.3 is 13.4 Å². The largest absolute Gasteiger partial charge is 0.456 e. The zero-order valence-electron chi connectivity index (χ0n) is 24.2. The molecule has 10 aromatic rings. The van der Waals surface area contributed by atoms with Crippen LogP contribution in [0.5, 0.6) is 0 Å². The molecule has 210 valence electrons. The van der Waals surface area contributed by atoms with Gasteiger partial charge in [-0.05, 0) is 70.8 Å². The van der Waals surface area contributed by atoms with Crippen molar-refractivity contribution in [1.29, 1.82) is 0 Å². The lowest BCUT2D eigenvalue weighted by Gasteiger charge is -2.09. The molecule has 0 aliphatic rings. The Morgan fingerprint density at radius 3 is 1.80 bits per heavy atom. The van der Waals surface area contributed by atoms with Crippen LogP contribution in [0.3, 0.4) is 0 Å². The second-order valence-corrected chi connectivity index (χ2v) is 11.7. The maximum absolute atomic E-state index is 6.61. The van der Waals surface area contributed by atoms with E-state index in [1.807, 2.05) is 12.1 Å². The minimum absolute atomic E-state index is 0.888. The van der Waals surface area contributed by atoms with Crippen molar-refractivity contribution in [3.05, 3.63) is 152 Å². The molecule has 10 rings (SSSR count). The van der Waals surface area contributed by atoms with Crippen molar-refractivity contribution in [3.63, 3.8) is 0 Å². The molecule has 45 heavy (non-hydrogen) atoms. The Hall–Kier alpha value is -6.06. The van der Waals surface area contributed by atoms with Crippen LogP contribution in [0, 0.1) is 0 Å². The van der Waals surface area contributed by atoms with Crippen molar-refractivity contribution in [2.75, 3.05) is 0 Å². The maximum atomic E-state index is 6.61. The monoisotopic (exact) mass is 575 g/mol. The number of nitrogens with zero attached hydrogens (tertiary/aromatic N) is 1. The molecule has 0 radical (unpaired) electrons. The fourth-order valence-electron chi connectivity index (χ4n) is 7.23. The van der Waals surface area contributed by atoms with Crippen LogP contribution in [0.15, 0.2) is 160 Å². The lowest BCUT2D eigenvalue weighted by molar-refractivity contribution is 0.669. The molecule has 0 saturated heterocycles. The third-order valence-corrected chi connectivity index (χ3v) is 9.20. The lowest BCUT2D eigenvalue weighted by Crippen LogP contribution is -1.93. The van der Waals surface area contributed by atoms with Gasteiger partial charge in [0.15, 0.2) is 0 Å². The third kappa shape index (κ3) is 3.52. The summed E-state index contributed by atoms with van der Waals surface area (Å²) in [5.41, 5.74) is 11.7. The van der Waals surface area contributed by atoms with Crippen molar-refractivity contribution >= 4 is 65.7 Å². The molecule has 3 nitrogen and oxygen atoms in total. The molecule has 0 aliphatic carbocycles. The van der Waals surface area contributed by atoms with Gasteiger partial charge in [0.1, 0.15) is 22.3 Å². The second kappa shape index (κ2) is 9.22. The SMILES string of the molecule is c1ccc(-c2cccc3oc4cc5c6c(-c7ccccc7)cccc6n(-c6ccc7oc8ccccc8c7c6)c5cc4c23)cc1. The first-order valence-corrected chi connectivity index (χ1v) is 15.3. The van der Waals surface area contributed by atoms with E-state index in [0.29, 0.717) is 0 Å². The fourth-order valence-corrected chi connectivity index (χ4v) is 7.23. The van der Waals surface area contributed by atoms with Crippen molar-refractivity contribution in [2.45, 2.75) is 0 Å². The molecular formula is C42H25NO2. The minimum Gasteiger partial charge on any atom is -0.456 e. The summed E-state index contributed by atoms with van der Waals surface area (Å²) in [7, 11) is 0. The van der Waals surface area contributed by atoms with Gasteiger partial charge in [0.2, 0.25) is 0 Å². The van der Waals surface area contributed by atoms with Gasteiger partial charge in [0.25, 0.3) is 0 Å². The number of fused-ring (bicyclic) bond motifs is 9. The van der Waals surface area contributed by atoms with Gasteiger partial charge in [-0.25, -0.2) is 0 Å². The first-order valence-electron chi connectivity index (χ1n) is 15.3. The van der Waals surface area contributed by atoms with E-state index < -0.39 is 0 Å². The Labute approximate surface area is 258 Å². The van der Waals surface area contributed by atoms with Crippen molar-refractivity contribution in [1.82, 2.24) is 4.57 Å². The standard InChI is InChI=1S/C42H25NO2/c1-3-11-26(12-4-1)29-16-9-18-35-41(29)33-25-40-34(42-30(17-10-20-39(42)45-40)27-13-5-2-6-14-27)24-36(33)43(35)28-21-22-38-32(23-28)31-15-7-8-19-37(31)44-38/h1-25H. The normalized spacial score (nSPS) is 12.0. The third-order valence-electron chi connectivity index (χ3n) is 9.20. The molecule has 0 aliphatic heterocycles. The molecular weight excluding hydrogens is 550 g/mol. The number of hydrogen-bond donors (Lipinski definition) is 0. The number of aromatic nitrogens is 1. The Kier molecular flexibility index (Phi) is 5.00. The predicted molar refractivity (Wildman–Crippen MR) is 186 cm³/mol. The zero-order chi connectivity index (χ0) is 29.5. The highest BCUT2D eigenvalue weighted by molar-refractivity contribution is 6.22. The van der Waals surface area contributed by atoms with E-state index in [1.54, 1.807) is 0 Å². The van der Waals surface area contributed by atoms with Crippen LogP contribution in [-0.2, 0) is 0 Å². The van der Waals surface area contributed by atoms with E-state index in [2.05, 4.69) is 144 Å². The molecule has 0 atom stereocenters. The summed E-state index contributed by atoms with van der Waals surface area (Å²) in [5.74, 6) is 0. The van der Waals surface area contributed by atoms with Crippen LogP contribution >= 0.6 is 0 Å². The molecule has 3 heterocycles. The Morgan fingerprint density at radius 2 is 1.00 bits per heavy atom. The summed E-state index contributed by atoms with van der Waals surface area (Å²) in [6.07, 6.45) is 0. The van der Waals surface area contributed by atoms with Crippen molar-refractivity contribution in [2.24, 2.45) is 0 Å². The summed E-state index contributed by atoms with van der Waals surface area (Å²) < 4.78 is 15.2. The van der Waals surface area contributed by atoms with Gasteiger partial charge in [0.05, 0.1) is 11.0 Å². The number of rotatable bonds is 3. The van der Waals surface area contributed by atoms with Gasteiger partial charge in [-0.15, -0.1) is 0 Å². The molecule has 7 aromatic carbocycles. The first kappa shape index (κ1) is 24.4. The van der Waals surface area contributed by atoms with E-state index in [0.717, 1.165) is 66.0 Å². The van der Waals surface area contributed by atoms with Crippen LogP contribution < -0.4 is 0 Å². The molecule has 0 saturated carbocycles. The maximum Gasteiger partial charge on any atom is 0.136 e. The van der Waals surface area contributed by atoms with Crippen LogP contribution in [0.2, 0.25) is 0 Å². The summed E-state index contributed by atoms with van der Waals surface area (Å²) in [6.45, 7) is 0. The summed E-state index contributed by atoms with van der Waals surface area (Å²) in [6, 6.07) is 53.6. The Balaban J connectivity index is 1.36. The molecule has 0 spiro atoms. The predicted octanol–water partition coefficient (Wildman–Crippen LogP) is 11.9. The number of furan rings is 2.